The lowest BCUT2D eigenvalue weighted by Gasteiger charge is -2.34. The molecule has 1 aliphatic heterocycles. The maximum absolute atomic E-state index is 6.10. The fourth-order valence-corrected chi connectivity index (χ4v) is 2.75. The van der Waals surface area contributed by atoms with Crippen LogP contribution < -0.4 is 0 Å². The molecule has 3 heteroatoms. The molecule has 94 valence electrons. The van der Waals surface area contributed by atoms with Gasteiger partial charge in [0.2, 0.25) is 0 Å². The average molecular weight is 253 g/mol. The zero-order valence-corrected chi connectivity index (χ0v) is 11.5. The molecule has 0 radical (unpaired) electrons. The maximum atomic E-state index is 6.10. The number of pyridine rings is 1. The molecule has 2 heterocycles. The van der Waals surface area contributed by atoms with E-state index in [1.54, 1.807) is 6.20 Å². The van der Waals surface area contributed by atoms with Crippen molar-refractivity contribution < 1.29 is 0 Å². The van der Waals surface area contributed by atoms with Crippen LogP contribution in [0, 0.1) is 5.92 Å². The van der Waals surface area contributed by atoms with Crippen molar-refractivity contribution in [1.29, 1.82) is 0 Å². The molecule has 0 aromatic carbocycles. The molecule has 0 N–H and O–H groups in total. The second-order valence-corrected chi connectivity index (χ2v) is 5.59. The minimum Gasteiger partial charge on any atom is -0.301 e. The summed E-state index contributed by atoms with van der Waals surface area (Å²) in [4.78, 5) is 6.70. The van der Waals surface area contributed by atoms with E-state index in [0.717, 1.165) is 12.3 Å². The van der Waals surface area contributed by atoms with Crippen molar-refractivity contribution in [3.05, 3.63) is 29.0 Å². The van der Waals surface area contributed by atoms with Crippen LogP contribution in [0.15, 0.2) is 18.3 Å². The Labute approximate surface area is 109 Å². The Balaban J connectivity index is 1.88. The van der Waals surface area contributed by atoms with Gasteiger partial charge in [-0.25, -0.2) is 4.98 Å². The minimum atomic E-state index is 0.679. The Hall–Kier alpha value is -0.600. The van der Waals surface area contributed by atoms with Crippen LogP contribution in [0.4, 0.5) is 0 Å². The summed E-state index contributed by atoms with van der Waals surface area (Å²) in [6.07, 6.45) is 5.40. The third-order valence-corrected chi connectivity index (χ3v) is 4.06. The Morgan fingerprint density at radius 1 is 1.41 bits per heavy atom. The monoisotopic (exact) mass is 252 g/mol. The zero-order valence-electron chi connectivity index (χ0n) is 10.7. The van der Waals surface area contributed by atoms with Crippen LogP contribution in [0.3, 0.4) is 0 Å². The van der Waals surface area contributed by atoms with Crippen LogP contribution in [0.2, 0.25) is 5.15 Å². The van der Waals surface area contributed by atoms with Crippen molar-refractivity contribution >= 4 is 11.6 Å². The number of nitrogens with zero attached hydrogens (tertiary/aromatic N) is 2. The van der Waals surface area contributed by atoms with Gasteiger partial charge in [0.1, 0.15) is 5.15 Å². The van der Waals surface area contributed by atoms with Gasteiger partial charge in [-0.1, -0.05) is 17.7 Å². The van der Waals surface area contributed by atoms with E-state index < -0.39 is 0 Å². The van der Waals surface area contributed by atoms with Crippen molar-refractivity contribution in [3.8, 4) is 0 Å². The largest absolute Gasteiger partial charge is 0.301 e. The van der Waals surface area contributed by atoms with Gasteiger partial charge in [0.25, 0.3) is 0 Å². The van der Waals surface area contributed by atoms with Crippen molar-refractivity contribution in [2.75, 3.05) is 13.1 Å². The lowest BCUT2D eigenvalue weighted by molar-refractivity contribution is 0.149. The highest BCUT2D eigenvalue weighted by atomic mass is 35.5. The van der Waals surface area contributed by atoms with E-state index in [-0.39, 0.29) is 0 Å². The number of hydrogen-bond donors (Lipinski definition) is 0. The number of likely N-dealkylation sites (tertiary alicyclic amines) is 1. The minimum absolute atomic E-state index is 0.679. The van der Waals surface area contributed by atoms with Crippen LogP contribution in [0.5, 0.6) is 0 Å². The number of piperidine rings is 1. The van der Waals surface area contributed by atoms with Gasteiger partial charge in [0.05, 0.1) is 0 Å². The summed E-state index contributed by atoms with van der Waals surface area (Å²) in [6, 6.07) is 4.76. The van der Waals surface area contributed by atoms with Crippen LogP contribution in [-0.4, -0.2) is 29.0 Å². The molecule has 2 rings (SSSR count). The van der Waals surface area contributed by atoms with Crippen LogP contribution in [0.25, 0.3) is 0 Å². The summed E-state index contributed by atoms with van der Waals surface area (Å²) < 4.78 is 0. The number of hydrogen-bond acceptors (Lipinski definition) is 2. The molecule has 0 atom stereocenters. The maximum Gasteiger partial charge on any atom is 0.132 e. The first-order valence-corrected chi connectivity index (χ1v) is 6.88. The summed E-state index contributed by atoms with van der Waals surface area (Å²) in [5.41, 5.74) is 1.21. The van der Waals surface area contributed by atoms with E-state index in [9.17, 15) is 0 Å². The lowest BCUT2D eigenvalue weighted by Crippen LogP contribution is -2.38. The van der Waals surface area contributed by atoms with Gasteiger partial charge in [0.15, 0.2) is 0 Å². The molecule has 0 unspecified atom stereocenters. The van der Waals surface area contributed by atoms with Gasteiger partial charge in [-0.3, -0.25) is 0 Å². The molecule has 0 bridgehead atoms. The van der Waals surface area contributed by atoms with Gasteiger partial charge in [0, 0.05) is 12.2 Å². The third kappa shape index (κ3) is 3.43. The van der Waals surface area contributed by atoms with Gasteiger partial charge in [-0.05, 0) is 63.7 Å². The highest BCUT2D eigenvalue weighted by Gasteiger charge is 2.21. The summed E-state index contributed by atoms with van der Waals surface area (Å²) in [5, 5.41) is 0.679. The fourth-order valence-electron chi connectivity index (χ4n) is 2.56. The molecule has 0 aliphatic carbocycles. The Morgan fingerprint density at radius 3 is 2.71 bits per heavy atom. The van der Waals surface area contributed by atoms with E-state index in [4.69, 9.17) is 11.6 Å². The van der Waals surface area contributed by atoms with E-state index >= 15 is 0 Å². The predicted octanol–water partition coefficient (Wildman–Crippen LogP) is 3.40. The van der Waals surface area contributed by atoms with Gasteiger partial charge < -0.3 is 4.90 Å². The Morgan fingerprint density at radius 2 is 2.12 bits per heavy atom. The molecule has 17 heavy (non-hydrogen) atoms. The average Bonchev–Trinajstić information content (AvgIpc) is 2.33. The number of rotatable bonds is 3. The SMILES string of the molecule is CC(C)N1CCC(Cc2cccnc2Cl)CC1. The summed E-state index contributed by atoms with van der Waals surface area (Å²) in [6.45, 7) is 7.00. The van der Waals surface area contributed by atoms with Crippen molar-refractivity contribution in [2.24, 2.45) is 5.92 Å². The van der Waals surface area contributed by atoms with E-state index in [2.05, 4.69) is 29.8 Å². The van der Waals surface area contributed by atoms with Crippen molar-refractivity contribution in [1.82, 2.24) is 9.88 Å². The second-order valence-electron chi connectivity index (χ2n) is 5.23. The normalized spacial score (nSPS) is 18.8. The van der Waals surface area contributed by atoms with Crippen molar-refractivity contribution in [3.63, 3.8) is 0 Å². The summed E-state index contributed by atoms with van der Waals surface area (Å²) in [5.74, 6) is 0.770. The van der Waals surface area contributed by atoms with Crippen LogP contribution in [0.1, 0.15) is 32.3 Å². The summed E-state index contributed by atoms with van der Waals surface area (Å²) in [7, 11) is 0. The van der Waals surface area contributed by atoms with Crippen molar-refractivity contribution in [2.45, 2.75) is 39.2 Å². The summed E-state index contributed by atoms with van der Waals surface area (Å²) >= 11 is 6.10. The van der Waals surface area contributed by atoms with Gasteiger partial charge in [-0.2, -0.15) is 0 Å². The first-order chi connectivity index (χ1) is 8.16. The molecule has 1 fully saturated rings. The van der Waals surface area contributed by atoms with E-state index in [1.165, 1.54) is 31.5 Å². The highest BCUT2D eigenvalue weighted by Crippen LogP contribution is 2.25. The number of aromatic nitrogens is 1. The quantitative estimate of drug-likeness (QED) is 0.767. The van der Waals surface area contributed by atoms with Crippen LogP contribution >= 0.6 is 11.6 Å². The lowest BCUT2D eigenvalue weighted by atomic mass is 9.90. The van der Waals surface area contributed by atoms with Crippen LogP contribution in [-0.2, 0) is 6.42 Å². The molecule has 1 aromatic rings. The molecular weight excluding hydrogens is 232 g/mol. The highest BCUT2D eigenvalue weighted by molar-refractivity contribution is 6.30. The molecule has 1 aromatic heterocycles. The van der Waals surface area contributed by atoms with Gasteiger partial charge >= 0.3 is 0 Å². The fraction of sp³-hybridized carbons (Fsp3) is 0.643. The smallest absolute Gasteiger partial charge is 0.132 e. The van der Waals surface area contributed by atoms with E-state index in [1.807, 2.05) is 6.07 Å². The zero-order chi connectivity index (χ0) is 12.3. The predicted molar refractivity (Wildman–Crippen MR) is 72.4 cm³/mol. The Bertz CT molecular complexity index is 357. The van der Waals surface area contributed by atoms with Gasteiger partial charge in [-0.15, -0.1) is 0 Å². The molecule has 2 nitrogen and oxygen atoms in total. The Kier molecular flexibility index (Phi) is 4.41. The molecule has 0 saturated carbocycles. The standard InChI is InChI=1S/C14H21ClN2/c1-11(2)17-8-5-12(6-9-17)10-13-4-3-7-16-14(13)15/h3-4,7,11-12H,5-6,8-10H2,1-2H3. The molecule has 0 amide bonds. The molecular formula is C14H21ClN2. The first kappa shape index (κ1) is 12.8. The topological polar surface area (TPSA) is 16.1 Å². The van der Waals surface area contributed by atoms with E-state index in [0.29, 0.717) is 11.2 Å². The first-order valence-electron chi connectivity index (χ1n) is 6.50. The number of halogens is 1. The third-order valence-electron chi connectivity index (χ3n) is 3.72. The second kappa shape index (κ2) is 5.83. The molecule has 1 aliphatic rings. The molecule has 1 saturated heterocycles. The molecule has 0 spiro atoms.